The zero-order valence-electron chi connectivity index (χ0n) is 15.0. The maximum atomic E-state index is 12.2. The van der Waals surface area contributed by atoms with Gasteiger partial charge in [0.1, 0.15) is 5.75 Å². The number of fused-ring (bicyclic) bond motifs is 1. The number of rotatable bonds is 6. The predicted molar refractivity (Wildman–Crippen MR) is 114 cm³/mol. The lowest BCUT2D eigenvalue weighted by Crippen LogP contribution is -2.20. The van der Waals surface area contributed by atoms with Crippen molar-refractivity contribution in [2.45, 2.75) is 25.7 Å². The molecule has 144 valence electrons. The quantitative estimate of drug-likeness (QED) is 0.555. The van der Waals surface area contributed by atoms with Crippen molar-refractivity contribution in [3.8, 4) is 5.75 Å². The number of amides is 1. The molecule has 28 heavy (non-hydrogen) atoms. The average molecular weight is 433 g/mol. The van der Waals surface area contributed by atoms with E-state index in [2.05, 4.69) is 16.4 Å². The summed E-state index contributed by atoms with van der Waals surface area (Å²) in [6.45, 7) is -0.0449. The van der Waals surface area contributed by atoms with Crippen LogP contribution in [0.5, 0.6) is 5.75 Å². The van der Waals surface area contributed by atoms with Crippen molar-refractivity contribution in [2.75, 3.05) is 11.9 Å². The maximum absolute atomic E-state index is 12.2. The highest BCUT2D eigenvalue weighted by Crippen LogP contribution is 2.28. The van der Waals surface area contributed by atoms with Crippen molar-refractivity contribution < 1.29 is 9.53 Å². The zero-order valence-corrected chi connectivity index (χ0v) is 17.3. The average Bonchev–Trinajstić information content (AvgIpc) is 3.31. The smallest absolute Gasteiger partial charge is 0.264 e. The van der Waals surface area contributed by atoms with Crippen LogP contribution < -0.4 is 10.1 Å². The number of carbonyl (C=O) groups is 1. The van der Waals surface area contributed by atoms with Crippen molar-refractivity contribution in [1.29, 1.82) is 0 Å². The molecule has 0 radical (unpaired) electrons. The number of aryl methyl sites for hydroxylation is 2. The first-order valence-electron chi connectivity index (χ1n) is 9.00. The molecule has 0 aliphatic heterocycles. The minimum Gasteiger partial charge on any atom is -0.484 e. The van der Waals surface area contributed by atoms with E-state index in [9.17, 15) is 4.79 Å². The Morgan fingerprint density at radius 1 is 1.14 bits per heavy atom. The highest BCUT2D eigenvalue weighted by atomic mass is 35.5. The summed E-state index contributed by atoms with van der Waals surface area (Å²) in [6.07, 6.45) is 5.77. The van der Waals surface area contributed by atoms with Gasteiger partial charge in [-0.1, -0.05) is 35.3 Å². The van der Waals surface area contributed by atoms with E-state index in [1.807, 2.05) is 24.3 Å². The molecule has 2 aromatic carbocycles. The molecule has 0 saturated carbocycles. The molecule has 4 nitrogen and oxygen atoms in total. The van der Waals surface area contributed by atoms with Gasteiger partial charge in [0.15, 0.2) is 11.7 Å². The van der Waals surface area contributed by atoms with E-state index >= 15 is 0 Å². The number of thiazole rings is 1. The van der Waals surface area contributed by atoms with Crippen LogP contribution in [0.25, 0.3) is 0 Å². The number of halogens is 2. The molecule has 4 rings (SSSR count). The van der Waals surface area contributed by atoms with Crippen LogP contribution in [0, 0.1) is 0 Å². The SMILES string of the molecule is O=C(COc1ccc2c(c1)CCC2)Nc1ncc(Cc2ccc(Cl)cc2Cl)s1. The number of aromatic nitrogens is 1. The van der Waals surface area contributed by atoms with E-state index in [1.165, 1.54) is 28.9 Å². The van der Waals surface area contributed by atoms with Gasteiger partial charge in [0, 0.05) is 27.5 Å². The lowest BCUT2D eigenvalue weighted by atomic mass is 10.1. The fraction of sp³-hybridized carbons (Fsp3) is 0.238. The molecule has 0 bridgehead atoms. The predicted octanol–water partition coefficient (Wildman–Crippen LogP) is 5.55. The molecule has 7 heteroatoms. The van der Waals surface area contributed by atoms with Gasteiger partial charge in [-0.05, 0) is 60.2 Å². The van der Waals surface area contributed by atoms with Crippen LogP contribution in [-0.4, -0.2) is 17.5 Å². The van der Waals surface area contributed by atoms with Crippen molar-refractivity contribution in [3.05, 3.63) is 74.2 Å². The van der Waals surface area contributed by atoms with Crippen molar-refractivity contribution in [3.63, 3.8) is 0 Å². The Morgan fingerprint density at radius 3 is 2.86 bits per heavy atom. The first-order valence-corrected chi connectivity index (χ1v) is 10.6. The molecule has 0 fully saturated rings. The first-order chi connectivity index (χ1) is 13.6. The minimum absolute atomic E-state index is 0.0449. The highest BCUT2D eigenvalue weighted by Gasteiger charge is 2.13. The van der Waals surface area contributed by atoms with Crippen LogP contribution in [0.1, 0.15) is 28.0 Å². The van der Waals surface area contributed by atoms with Gasteiger partial charge in [-0.15, -0.1) is 11.3 Å². The van der Waals surface area contributed by atoms with E-state index in [-0.39, 0.29) is 12.5 Å². The summed E-state index contributed by atoms with van der Waals surface area (Å²) in [5.74, 6) is 0.499. The first kappa shape index (κ1) is 19.2. The normalized spacial score (nSPS) is 12.6. The fourth-order valence-electron chi connectivity index (χ4n) is 3.24. The second-order valence-corrected chi connectivity index (χ2v) is 8.62. The van der Waals surface area contributed by atoms with Gasteiger partial charge in [0.2, 0.25) is 0 Å². The monoisotopic (exact) mass is 432 g/mol. The van der Waals surface area contributed by atoms with Crippen LogP contribution in [-0.2, 0) is 24.1 Å². The second-order valence-electron chi connectivity index (χ2n) is 6.67. The van der Waals surface area contributed by atoms with Crippen LogP contribution >= 0.6 is 34.5 Å². The molecule has 0 spiro atoms. The van der Waals surface area contributed by atoms with Crippen LogP contribution in [0.3, 0.4) is 0 Å². The number of carbonyl (C=O) groups excluding carboxylic acids is 1. The van der Waals surface area contributed by atoms with Gasteiger partial charge in [0.25, 0.3) is 5.91 Å². The molecule has 1 N–H and O–H groups in total. The molecular weight excluding hydrogens is 415 g/mol. The second kappa shape index (κ2) is 8.52. The van der Waals surface area contributed by atoms with Gasteiger partial charge in [0.05, 0.1) is 0 Å². The van der Waals surface area contributed by atoms with Crippen molar-refractivity contribution >= 4 is 45.6 Å². The number of nitrogens with zero attached hydrogens (tertiary/aromatic N) is 1. The third-order valence-corrected chi connectivity index (χ3v) is 6.12. The van der Waals surface area contributed by atoms with E-state index in [1.54, 1.807) is 12.3 Å². The molecule has 1 aromatic heterocycles. The van der Waals surface area contributed by atoms with Crippen LogP contribution in [0.15, 0.2) is 42.6 Å². The Morgan fingerprint density at radius 2 is 2.00 bits per heavy atom. The Kier molecular flexibility index (Phi) is 5.85. The lowest BCUT2D eigenvalue weighted by molar-refractivity contribution is -0.118. The van der Waals surface area contributed by atoms with E-state index in [4.69, 9.17) is 27.9 Å². The number of nitrogens with one attached hydrogen (secondary N) is 1. The number of benzene rings is 2. The number of hydrogen-bond donors (Lipinski definition) is 1. The van der Waals surface area contributed by atoms with Crippen LogP contribution in [0.4, 0.5) is 5.13 Å². The zero-order chi connectivity index (χ0) is 19.5. The van der Waals surface area contributed by atoms with Crippen molar-refractivity contribution in [1.82, 2.24) is 4.98 Å². The molecule has 3 aromatic rings. The third-order valence-electron chi connectivity index (χ3n) is 4.62. The van der Waals surface area contributed by atoms with E-state index in [0.717, 1.165) is 29.0 Å². The standard InChI is InChI=1S/C21H18Cl2N2O2S/c22-16-6-4-15(19(23)10-16)9-18-11-24-21(28-18)25-20(26)12-27-17-7-5-13-2-1-3-14(13)8-17/h4-8,10-11H,1-3,9,12H2,(H,24,25,26). The Bertz CT molecular complexity index is 1020. The van der Waals surface area contributed by atoms with Crippen LogP contribution in [0.2, 0.25) is 10.0 Å². The Labute approximate surface area is 177 Å². The third kappa shape index (κ3) is 4.66. The summed E-state index contributed by atoms with van der Waals surface area (Å²) in [4.78, 5) is 17.4. The minimum atomic E-state index is -0.231. The van der Waals surface area contributed by atoms with E-state index < -0.39 is 0 Å². The van der Waals surface area contributed by atoms with Gasteiger partial charge in [-0.25, -0.2) is 4.98 Å². The summed E-state index contributed by atoms with van der Waals surface area (Å²) in [6, 6.07) is 11.5. The Balaban J connectivity index is 1.31. The summed E-state index contributed by atoms with van der Waals surface area (Å²) < 4.78 is 5.63. The highest BCUT2D eigenvalue weighted by molar-refractivity contribution is 7.15. The topological polar surface area (TPSA) is 51.2 Å². The molecule has 1 aliphatic carbocycles. The summed E-state index contributed by atoms with van der Waals surface area (Å²) in [7, 11) is 0. The molecule has 0 saturated heterocycles. The molecule has 1 aliphatic rings. The fourth-order valence-corrected chi connectivity index (χ4v) is 4.57. The summed E-state index contributed by atoms with van der Waals surface area (Å²) in [5, 5.41) is 4.55. The molecule has 1 amide bonds. The Hall–Kier alpha value is -2.08. The number of ether oxygens (including phenoxy) is 1. The number of hydrogen-bond acceptors (Lipinski definition) is 4. The van der Waals surface area contributed by atoms with Gasteiger partial charge < -0.3 is 4.74 Å². The van der Waals surface area contributed by atoms with Gasteiger partial charge in [-0.3, -0.25) is 10.1 Å². The molecule has 1 heterocycles. The summed E-state index contributed by atoms with van der Waals surface area (Å²) >= 11 is 13.6. The molecular formula is C21H18Cl2N2O2S. The van der Waals surface area contributed by atoms with Gasteiger partial charge in [-0.2, -0.15) is 0 Å². The largest absolute Gasteiger partial charge is 0.484 e. The molecule has 0 atom stereocenters. The maximum Gasteiger partial charge on any atom is 0.264 e. The summed E-state index contributed by atoms with van der Waals surface area (Å²) in [5.41, 5.74) is 3.67. The number of anilines is 1. The molecule has 0 unspecified atom stereocenters. The van der Waals surface area contributed by atoms with E-state index in [0.29, 0.717) is 21.6 Å². The van der Waals surface area contributed by atoms with Crippen molar-refractivity contribution in [2.24, 2.45) is 0 Å². The van der Waals surface area contributed by atoms with Gasteiger partial charge >= 0.3 is 0 Å². The lowest BCUT2D eigenvalue weighted by Gasteiger charge is -2.07.